The standard InChI is InChI=1S/C21H16N4/c1-3-7-16(8-4-1)21(17-9-5-2-6-10-17)25-24-18-11-12-19-20(15-18)23-14-13-22-19/h1-15,21H. The third-order valence-corrected chi connectivity index (χ3v) is 3.97. The van der Waals surface area contributed by atoms with Crippen LogP contribution in [0.1, 0.15) is 17.2 Å². The lowest BCUT2D eigenvalue weighted by Gasteiger charge is -2.12. The van der Waals surface area contributed by atoms with Crippen LogP contribution in [-0.4, -0.2) is 9.97 Å². The van der Waals surface area contributed by atoms with E-state index >= 15 is 0 Å². The summed E-state index contributed by atoms with van der Waals surface area (Å²) >= 11 is 0. The maximum Gasteiger partial charge on any atom is 0.121 e. The third-order valence-electron chi connectivity index (χ3n) is 3.97. The van der Waals surface area contributed by atoms with E-state index in [9.17, 15) is 0 Å². The second-order valence-corrected chi connectivity index (χ2v) is 5.67. The fraction of sp³-hybridized carbons (Fsp3) is 0.0476. The number of fused-ring (bicyclic) bond motifs is 1. The van der Waals surface area contributed by atoms with Gasteiger partial charge in [0.05, 0.1) is 16.7 Å². The van der Waals surface area contributed by atoms with E-state index in [0.717, 1.165) is 27.8 Å². The SMILES string of the molecule is c1ccc(C(N=Nc2ccc3nccnc3c2)c2ccccc2)cc1. The number of nitrogens with zero attached hydrogens (tertiary/aromatic N) is 4. The van der Waals surface area contributed by atoms with E-state index in [2.05, 4.69) is 44.5 Å². The fourth-order valence-electron chi connectivity index (χ4n) is 2.73. The third kappa shape index (κ3) is 3.43. The second kappa shape index (κ2) is 7.01. The van der Waals surface area contributed by atoms with Crippen LogP contribution in [0.3, 0.4) is 0 Å². The molecule has 0 unspecified atom stereocenters. The molecule has 0 aliphatic carbocycles. The van der Waals surface area contributed by atoms with Gasteiger partial charge in [0.25, 0.3) is 0 Å². The summed E-state index contributed by atoms with van der Waals surface area (Å²) in [5.41, 5.74) is 4.65. The molecule has 4 nitrogen and oxygen atoms in total. The van der Waals surface area contributed by atoms with Crippen molar-refractivity contribution in [3.63, 3.8) is 0 Å². The number of aromatic nitrogens is 2. The molecule has 0 atom stereocenters. The van der Waals surface area contributed by atoms with Gasteiger partial charge in [-0.05, 0) is 29.3 Å². The topological polar surface area (TPSA) is 50.5 Å². The van der Waals surface area contributed by atoms with Gasteiger partial charge in [-0.25, -0.2) is 0 Å². The Morgan fingerprint density at radius 3 is 1.88 bits per heavy atom. The highest BCUT2D eigenvalue weighted by Crippen LogP contribution is 2.28. The van der Waals surface area contributed by atoms with Crippen molar-refractivity contribution in [3.8, 4) is 0 Å². The van der Waals surface area contributed by atoms with Crippen molar-refractivity contribution >= 4 is 16.7 Å². The van der Waals surface area contributed by atoms with Gasteiger partial charge >= 0.3 is 0 Å². The van der Waals surface area contributed by atoms with Gasteiger partial charge in [0, 0.05) is 12.4 Å². The van der Waals surface area contributed by atoms with E-state index in [4.69, 9.17) is 0 Å². The highest BCUT2D eigenvalue weighted by atomic mass is 15.1. The van der Waals surface area contributed by atoms with Gasteiger partial charge in [-0.2, -0.15) is 10.2 Å². The normalized spacial score (nSPS) is 11.4. The van der Waals surface area contributed by atoms with E-state index < -0.39 is 0 Å². The molecule has 0 spiro atoms. The van der Waals surface area contributed by atoms with Crippen molar-refractivity contribution in [3.05, 3.63) is 102 Å². The molecule has 0 aliphatic rings. The summed E-state index contributed by atoms with van der Waals surface area (Å²) in [5.74, 6) is 0. The molecule has 120 valence electrons. The van der Waals surface area contributed by atoms with Gasteiger partial charge in [0.2, 0.25) is 0 Å². The maximum atomic E-state index is 4.62. The molecule has 4 heteroatoms. The number of hydrogen-bond donors (Lipinski definition) is 0. The minimum atomic E-state index is -0.139. The molecule has 0 N–H and O–H groups in total. The van der Waals surface area contributed by atoms with Crippen LogP contribution in [0.15, 0.2) is 101 Å². The second-order valence-electron chi connectivity index (χ2n) is 5.67. The van der Waals surface area contributed by atoms with Crippen LogP contribution >= 0.6 is 0 Å². The molecule has 0 saturated heterocycles. The van der Waals surface area contributed by atoms with Crippen LogP contribution in [0, 0.1) is 0 Å². The Labute approximate surface area is 145 Å². The molecular formula is C21H16N4. The summed E-state index contributed by atoms with van der Waals surface area (Å²) in [7, 11) is 0. The molecule has 0 fully saturated rings. The Kier molecular flexibility index (Phi) is 4.25. The number of benzene rings is 3. The minimum absolute atomic E-state index is 0.139. The van der Waals surface area contributed by atoms with Crippen molar-refractivity contribution in [2.24, 2.45) is 10.2 Å². The zero-order valence-corrected chi connectivity index (χ0v) is 13.5. The van der Waals surface area contributed by atoms with E-state index in [-0.39, 0.29) is 6.04 Å². The van der Waals surface area contributed by atoms with Crippen molar-refractivity contribution in [1.82, 2.24) is 9.97 Å². The van der Waals surface area contributed by atoms with E-state index in [1.54, 1.807) is 12.4 Å². The minimum Gasteiger partial charge on any atom is -0.253 e. The maximum absolute atomic E-state index is 4.62. The van der Waals surface area contributed by atoms with Crippen molar-refractivity contribution < 1.29 is 0 Å². The largest absolute Gasteiger partial charge is 0.253 e. The van der Waals surface area contributed by atoms with Crippen LogP contribution < -0.4 is 0 Å². The zero-order chi connectivity index (χ0) is 16.9. The highest BCUT2D eigenvalue weighted by Gasteiger charge is 2.12. The van der Waals surface area contributed by atoms with Gasteiger partial charge in [-0.3, -0.25) is 9.97 Å². The van der Waals surface area contributed by atoms with Gasteiger partial charge in [0.15, 0.2) is 0 Å². The molecule has 0 aliphatic heterocycles. The van der Waals surface area contributed by atoms with Crippen LogP contribution in [0.2, 0.25) is 0 Å². The first-order valence-corrected chi connectivity index (χ1v) is 8.12. The van der Waals surface area contributed by atoms with Crippen molar-refractivity contribution in [2.45, 2.75) is 6.04 Å². The van der Waals surface area contributed by atoms with Crippen molar-refractivity contribution in [2.75, 3.05) is 0 Å². The summed E-state index contributed by atoms with van der Waals surface area (Å²) < 4.78 is 0. The van der Waals surface area contributed by atoms with Crippen LogP contribution in [0.4, 0.5) is 5.69 Å². The smallest absolute Gasteiger partial charge is 0.121 e. The Morgan fingerprint density at radius 2 is 1.24 bits per heavy atom. The summed E-state index contributed by atoms with van der Waals surface area (Å²) in [6.07, 6.45) is 3.37. The van der Waals surface area contributed by atoms with Crippen LogP contribution in [0.25, 0.3) is 11.0 Å². The predicted molar refractivity (Wildman–Crippen MR) is 98.8 cm³/mol. The zero-order valence-electron chi connectivity index (χ0n) is 13.5. The Hall–Kier alpha value is -3.40. The average Bonchev–Trinajstić information content (AvgIpc) is 2.70. The summed E-state index contributed by atoms with van der Waals surface area (Å²) in [5, 5.41) is 9.08. The van der Waals surface area contributed by atoms with Crippen molar-refractivity contribution in [1.29, 1.82) is 0 Å². The monoisotopic (exact) mass is 324 g/mol. The number of hydrogen-bond acceptors (Lipinski definition) is 4. The molecule has 1 heterocycles. The molecule has 0 bridgehead atoms. The van der Waals surface area contributed by atoms with Crippen LogP contribution in [-0.2, 0) is 0 Å². The Bertz CT molecular complexity index is 958. The summed E-state index contributed by atoms with van der Waals surface area (Å²) in [4.78, 5) is 8.60. The van der Waals surface area contributed by atoms with E-state index in [1.165, 1.54) is 0 Å². The predicted octanol–water partition coefficient (Wildman–Crippen LogP) is 5.50. The molecule has 1 aromatic heterocycles. The fourth-order valence-corrected chi connectivity index (χ4v) is 2.73. The van der Waals surface area contributed by atoms with Gasteiger partial charge in [-0.1, -0.05) is 60.7 Å². The number of rotatable bonds is 4. The first-order chi connectivity index (χ1) is 12.4. The Balaban J connectivity index is 1.71. The summed E-state index contributed by atoms with van der Waals surface area (Å²) in [6.45, 7) is 0. The highest BCUT2D eigenvalue weighted by molar-refractivity contribution is 5.77. The van der Waals surface area contributed by atoms with Crippen LogP contribution in [0.5, 0.6) is 0 Å². The average molecular weight is 324 g/mol. The molecule has 0 amide bonds. The van der Waals surface area contributed by atoms with Gasteiger partial charge in [0.1, 0.15) is 6.04 Å². The molecule has 4 aromatic rings. The lowest BCUT2D eigenvalue weighted by atomic mass is 10.00. The van der Waals surface area contributed by atoms with E-state index in [1.807, 2.05) is 54.6 Å². The molecule has 4 rings (SSSR count). The quantitative estimate of drug-likeness (QED) is 0.465. The molecule has 0 radical (unpaired) electrons. The Morgan fingerprint density at radius 1 is 0.640 bits per heavy atom. The van der Waals surface area contributed by atoms with Gasteiger partial charge in [-0.15, -0.1) is 0 Å². The molecule has 25 heavy (non-hydrogen) atoms. The molecule has 3 aromatic carbocycles. The lowest BCUT2D eigenvalue weighted by molar-refractivity contribution is 0.809. The number of azo groups is 1. The first kappa shape index (κ1) is 15.1. The first-order valence-electron chi connectivity index (χ1n) is 8.12. The van der Waals surface area contributed by atoms with Gasteiger partial charge < -0.3 is 0 Å². The molecule has 0 saturated carbocycles. The summed E-state index contributed by atoms with van der Waals surface area (Å²) in [6, 6.07) is 26.0. The lowest BCUT2D eigenvalue weighted by Crippen LogP contribution is -1.96. The molecular weight excluding hydrogens is 308 g/mol. The van der Waals surface area contributed by atoms with E-state index in [0.29, 0.717) is 0 Å².